The quantitative estimate of drug-likeness (QED) is 0.730. The van der Waals surface area contributed by atoms with Crippen LogP contribution in [0, 0.1) is 5.82 Å². The third kappa shape index (κ3) is 4.97. The first kappa shape index (κ1) is 20.5. The molecule has 4 nitrogen and oxygen atoms in total. The molecule has 1 fully saturated rings. The lowest BCUT2D eigenvalue weighted by molar-refractivity contribution is -0.135. The molecule has 1 heterocycles. The maximum atomic E-state index is 13.7. The van der Waals surface area contributed by atoms with Crippen molar-refractivity contribution >= 4 is 5.91 Å². The first-order valence-electron chi connectivity index (χ1n) is 9.91. The lowest BCUT2D eigenvalue weighted by Crippen LogP contribution is -2.38. The van der Waals surface area contributed by atoms with Crippen molar-refractivity contribution in [1.29, 1.82) is 0 Å². The van der Waals surface area contributed by atoms with Crippen molar-refractivity contribution < 1.29 is 9.18 Å². The van der Waals surface area contributed by atoms with E-state index >= 15 is 0 Å². The fourth-order valence-electron chi connectivity index (χ4n) is 3.93. The Morgan fingerprint density at radius 2 is 1.71 bits per heavy atom. The van der Waals surface area contributed by atoms with Gasteiger partial charge in [0.1, 0.15) is 11.9 Å². The van der Waals surface area contributed by atoms with Crippen LogP contribution in [0.1, 0.15) is 35.6 Å². The Balaban J connectivity index is 1.76. The molecule has 0 saturated carbocycles. The highest BCUT2D eigenvalue weighted by Crippen LogP contribution is 2.23. The summed E-state index contributed by atoms with van der Waals surface area (Å²) < 4.78 is 13.7. The molecule has 1 amide bonds. The number of amides is 1. The minimum absolute atomic E-state index is 0.0356. The summed E-state index contributed by atoms with van der Waals surface area (Å²) in [5.41, 5.74) is 3.12. The molecule has 3 rings (SSSR count). The maximum Gasteiger partial charge on any atom is 0.244 e. The van der Waals surface area contributed by atoms with Crippen LogP contribution in [0.4, 0.5) is 4.39 Å². The van der Waals surface area contributed by atoms with E-state index in [-0.39, 0.29) is 11.7 Å². The van der Waals surface area contributed by atoms with Crippen LogP contribution >= 0.6 is 0 Å². The number of hydrogen-bond acceptors (Lipinski definition) is 3. The van der Waals surface area contributed by atoms with E-state index in [9.17, 15) is 9.18 Å². The molecule has 0 spiro atoms. The highest BCUT2D eigenvalue weighted by atomic mass is 19.1. The number of carbonyl (C=O) groups excluding carboxylic acids is 1. The van der Waals surface area contributed by atoms with Gasteiger partial charge in [-0.3, -0.25) is 14.6 Å². The molecule has 28 heavy (non-hydrogen) atoms. The molecule has 1 atom stereocenters. The van der Waals surface area contributed by atoms with Gasteiger partial charge in [-0.05, 0) is 68.8 Å². The Kier molecular flexibility index (Phi) is 6.81. The molecule has 150 valence electrons. The van der Waals surface area contributed by atoms with Crippen LogP contribution in [-0.4, -0.2) is 54.8 Å². The van der Waals surface area contributed by atoms with Crippen molar-refractivity contribution in [2.75, 3.05) is 34.2 Å². The summed E-state index contributed by atoms with van der Waals surface area (Å²) in [5, 5.41) is 0. The number of likely N-dealkylation sites (N-methyl/N-ethyl adjacent to an activating group) is 2. The molecule has 1 aliphatic heterocycles. The van der Waals surface area contributed by atoms with Crippen LogP contribution in [0.5, 0.6) is 0 Å². The van der Waals surface area contributed by atoms with Crippen molar-refractivity contribution in [2.24, 2.45) is 0 Å². The Labute approximate surface area is 167 Å². The van der Waals surface area contributed by atoms with Crippen LogP contribution in [0.15, 0.2) is 48.5 Å². The van der Waals surface area contributed by atoms with Crippen molar-refractivity contribution in [3.8, 4) is 0 Å². The van der Waals surface area contributed by atoms with Crippen molar-refractivity contribution in [2.45, 2.75) is 32.0 Å². The summed E-state index contributed by atoms with van der Waals surface area (Å²) in [5.74, 6) is -0.359. The number of halogens is 1. The van der Waals surface area contributed by atoms with Gasteiger partial charge >= 0.3 is 0 Å². The average molecular weight is 384 g/mol. The number of likely N-dealkylation sites (tertiary alicyclic amines) is 1. The molecule has 1 aliphatic rings. The summed E-state index contributed by atoms with van der Waals surface area (Å²) in [6.45, 7) is 3.76. The van der Waals surface area contributed by atoms with E-state index in [0.29, 0.717) is 12.1 Å². The summed E-state index contributed by atoms with van der Waals surface area (Å²) >= 11 is 0. The average Bonchev–Trinajstić information content (AvgIpc) is 3.16. The van der Waals surface area contributed by atoms with Crippen LogP contribution in [-0.2, 0) is 17.9 Å². The van der Waals surface area contributed by atoms with Gasteiger partial charge in [-0.25, -0.2) is 4.39 Å². The molecular weight excluding hydrogens is 353 g/mol. The van der Waals surface area contributed by atoms with Crippen LogP contribution < -0.4 is 0 Å². The molecular formula is C23H30FN3O. The lowest BCUT2D eigenvalue weighted by atomic mass is 10.0. The number of hydrogen-bond donors (Lipinski definition) is 0. The summed E-state index contributed by atoms with van der Waals surface area (Å²) in [4.78, 5) is 19.3. The van der Waals surface area contributed by atoms with Crippen LogP contribution in [0.25, 0.3) is 0 Å². The monoisotopic (exact) mass is 383 g/mol. The molecule has 1 saturated heterocycles. The van der Waals surface area contributed by atoms with Gasteiger partial charge in [0, 0.05) is 20.1 Å². The first-order chi connectivity index (χ1) is 13.5. The van der Waals surface area contributed by atoms with E-state index in [1.165, 1.54) is 36.1 Å². The Morgan fingerprint density at radius 3 is 2.36 bits per heavy atom. The largest absolute Gasteiger partial charge is 0.340 e. The second-order valence-electron chi connectivity index (χ2n) is 7.87. The van der Waals surface area contributed by atoms with Crippen LogP contribution in [0.2, 0.25) is 0 Å². The lowest BCUT2D eigenvalue weighted by Gasteiger charge is -2.29. The number of rotatable bonds is 7. The number of carbonyl (C=O) groups is 1. The molecule has 0 bridgehead atoms. The molecule has 0 radical (unpaired) electrons. The third-order valence-corrected chi connectivity index (χ3v) is 5.41. The molecule has 0 N–H and O–H groups in total. The van der Waals surface area contributed by atoms with E-state index in [2.05, 4.69) is 23.1 Å². The van der Waals surface area contributed by atoms with E-state index < -0.39 is 6.04 Å². The standard InChI is InChI=1S/C23H30FN3O/c1-25(2)22(18-11-8-12-21(24)15-18)23(28)26(3)16-19-9-4-5-10-20(19)17-27-13-6-7-14-27/h4-5,8-12,15,22H,6-7,13-14,16-17H2,1-3H3. The van der Waals surface area contributed by atoms with Gasteiger partial charge in [0.15, 0.2) is 0 Å². The molecule has 5 heteroatoms. The van der Waals surface area contributed by atoms with Crippen molar-refractivity contribution in [3.05, 3.63) is 71.0 Å². The second-order valence-corrected chi connectivity index (χ2v) is 7.87. The molecule has 0 aromatic heterocycles. The van der Waals surface area contributed by atoms with Gasteiger partial charge in [-0.1, -0.05) is 36.4 Å². The topological polar surface area (TPSA) is 26.8 Å². The zero-order chi connectivity index (χ0) is 20.1. The summed E-state index contributed by atoms with van der Waals surface area (Å²) in [6.07, 6.45) is 2.53. The predicted molar refractivity (Wildman–Crippen MR) is 110 cm³/mol. The Bertz CT molecular complexity index is 802. The molecule has 2 aromatic carbocycles. The van der Waals surface area contributed by atoms with Gasteiger partial charge in [-0.15, -0.1) is 0 Å². The normalized spacial score (nSPS) is 15.8. The van der Waals surface area contributed by atoms with Crippen molar-refractivity contribution in [1.82, 2.24) is 14.7 Å². The summed E-state index contributed by atoms with van der Waals surface area (Å²) in [7, 11) is 5.52. The zero-order valence-corrected chi connectivity index (χ0v) is 17.1. The smallest absolute Gasteiger partial charge is 0.244 e. The molecule has 0 aliphatic carbocycles. The number of nitrogens with zero attached hydrogens (tertiary/aromatic N) is 3. The third-order valence-electron chi connectivity index (χ3n) is 5.41. The van der Waals surface area contributed by atoms with E-state index in [1.54, 1.807) is 17.0 Å². The van der Waals surface area contributed by atoms with E-state index in [0.717, 1.165) is 19.6 Å². The molecule has 1 unspecified atom stereocenters. The fourth-order valence-corrected chi connectivity index (χ4v) is 3.93. The summed E-state index contributed by atoms with van der Waals surface area (Å²) in [6, 6.07) is 14.1. The minimum Gasteiger partial charge on any atom is -0.340 e. The van der Waals surface area contributed by atoms with Crippen molar-refractivity contribution in [3.63, 3.8) is 0 Å². The van der Waals surface area contributed by atoms with Gasteiger partial charge < -0.3 is 4.90 Å². The van der Waals surface area contributed by atoms with Gasteiger partial charge in [-0.2, -0.15) is 0 Å². The Hall–Kier alpha value is -2.24. The predicted octanol–water partition coefficient (Wildman–Crippen LogP) is 3.68. The highest BCUT2D eigenvalue weighted by Gasteiger charge is 2.27. The first-order valence-corrected chi connectivity index (χ1v) is 9.91. The SMILES string of the molecule is CN(Cc1ccccc1CN1CCCC1)C(=O)C(c1cccc(F)c1)N(C)C. The Morgan fingerprint density at radius 1 is 1.04 bits per heavy atom. The maximum absolute atomic E-state index is 13.7. The number of benzene rings is 2. The highest BCUT2D eigenvalue weighted by molar-refractivity contribution is 5.83. The van der Waals surface area contributed by atoms with E-state index in [4.69, 9.17) is 0 Å². The minimum atomic E-state index is -0.508. The molecule has 2 aromatic rings. The zero-order valence-electron chi connectivity index (χ0n) is 17.1. The van der Waals surface area contributed by atoms with Crippen LogP contribution in [0.3, 0.4) is 0 Å². The fraction of sp³-hybridized carbons (Fsp3) is 0.435. The van der Waals surface area contributed by atoms with E-state index in [1.807, 2.05) is 32.1 Å². The second kappa shape index (κ2) is 9.30. The van der Waals surface area contributed by atoms with Gasteiger partial charge in [0.05, 0.1) is 0 Å². The van der Waals surface area contributed by atoms with Gasteiger partial charge in [0.2, 0.25) is 5.91 Å². The van der Waals surface area contributed by atoms with Gasteiger partial charge in [0.25, 0.3) is 0 Å².